The van der Waals surface area contributed by atoms with E-state index in [0.717, 1.165) is 0 Å². The van der Waals surface area contributed by atoms with E-state index in [9.17, 15) is 17.6 Å². The molecule has 152 valence electrons. The average Bonchev–Trinajstić information content (AvgIpc) is 3.13. The standard InChI is InChI=1S/C19H24FN3O4S/c1-28(25,26)13-12-22-8-10-23(11-9-22)19(24)7-6-18-21-14-17(27-18)15-4-2-3-5-16(15)20/h2-5,14H,6-13H2,1H3. The normalized spacial score (nSPS) is 15.7. The van der Waals surface area contributed by atoms with Crippen LogP contribution in [0.2, 0.25) is 0 Å². The van der Waals surface area contributed by atoms with Crippen molar-refractivity contribution in [3.8, 4) is 11.3 Å². The highest BCUT2D eigenvalue weighted by molar-refractivity contribution is 7.90. The van der Waals surface area contributed by atoms with Crippen molar-refractivity contribution >= 4 is 15.7 Å². The highest BCUT2D eigenvalue weighted by atomic mass is 32.2. The van der Waals surface area contributed by atoms with Crippen LogP contribution >= 0.6 is 0 Å². The van der Waals surface area contributed by atoms with Crippen LogP contribution in [0.3, 0.4) is 0 Å². The number of amides is 1. The lowest BCUT2D eigenvalue weighted by Gasteiger charge is -2.34. The molecule has 2 heterocycles. The molecule has 0 N–H and O–H groups in total. The fraction of sp³-hybridized carbons (Fsp3) is 0.474. The van der Waals surface area contributed by atoms with Gasteiger partial charge in [-0.2, -0.15) is 0 Å². The zero-order chi connectivity index (χ0) is 20.1. The maximum Gasteiger partial charge on any atom is 0.223 e. The first-order valence-electron chi connectivity index (χ1n) is 9.19. The second kappa shape index (κ2) is 8.83. The summed E-state index contributed by atoms with van der Waals surface area (Å²) in [6, 6.07) is 6.31. The molecule has 0 aliphatic carbocycles. The lowest BCUT2D eigenvalue weighted by molar-refractivity contribution is -0.132. The summed E-state index contributed by atoms with van der Waals surface area (Å²) in [5.74, 6) is 0.511. The van der Waals surface area contributed by atoms with Gasteiger partial charge in [0.1, 0.15) is 15.7 Å². The summed E-state index contributed by atoms with van der Waals surface area (Å²) in [7, 11) is -2.98. The van der Waals surface area contributed by atoms with E-state index in [0.29, 0.717) is 56.4 Å². The molecule has 1 aliphatic rings. The summed E-state index contributed by atoms with van der Waals surface area (Å²) in [4.78, 5) is 20.4. The van der Waals surface area contributed by atoms with Crippen LogP contribution in [0.4, 0.5) is 4.39 Å². The van der Waals surface area contributed by atoms with E-state index in [4.69, 9.17) is 4.42 Å². The van der Waals surface area contributed by atoms with Gasteiger partial charge in [-0.3, -0.25) is 9.69 Å². The number of piperazine rings is 1. The molecular formula is C19H24FN3O4S. The van der Waals surface area contributed by atoms with Crippen LogP contribution in [-0.2, 0) is 21.1 Å². The summed E-state index contributed by atoms with van der Waals surface area (Å²) in [6.07, 6.45) is 3.31. The van der Waals surface area contributed by atoms with Crippen LogP contribution in [0, 0.1) is 5.82 Å². The second-order valence-electron chi connectivity index (χ2n) is 6.95. The van der Waals surface area contributed by atoms with Crippen molar-refractivity contribution in [2.45, 2.75) is 12.8 Å². The highest BCUT2D eigenvalue weighted by Gasteiger charge is 2.22. The number of aromatic nitrogens is 1. The maximum absolute atomic E-state index is 13.8. The Kier molecular flexibility index (Phi) is 6.46. The third-order valence-corrected chi connectivity index (χ3v) is 5.67. The number of nitrogens with zero attached hydrogens (tertiary/aromatic N) is 3. The molecule has 1 aromatic heterocycles. The predicted octanol–water partition coefficient (Wildman–Crippen LogP) is 1.60. The van der Waals surface area contributed by atoms with Crippen molar-refractivity contribution in [1.29, 1.82) is 0 Å². The van der Waals surface area contributed by atoms with Crippen LogP contribution < -0.4 is 0 Å². The molecule has 1 aromatic carbocycles. The van der Waals surface area contributed by atoms with Crippen LogP contribution in [0.1, 0.15) is 12.3 Å². The molecule has 0 bridgehead atoms. The number of sulfone groups is 1. The minimum atomic E-state index is -2.98. The fourth-order valence-corrected chi connectivity index (χ4v) is 3.69. The van der Waals surface area contributed by atoms with Crippen molar-refractivity contribution in [2.75, 3.05) is 44.7 Å². The molecule has 0 atom stereocenters. The van der Waals surface area contributed by atoms with Crippen LogP contribution in [-0.4, -0.2) is 73.8 Å². The number of aryl methyl sites for hydroxylation is 1. The number of benzene rings is 1. The van der Waals surface area contributed by atoms with E-state index in [1.165, 1.54) is 18.5 Å². The number of carbonyl (C=O) groups excluding carboxylic acids is 1. The average molecular weight is 409 g/mol. The zero-order valence-electron chi connectivity index (χ0n) is 15.8. The number of halogens is 1. The molecule has 1 amide bonds. The summed E-state index contributed by atoms with van der Waals surface area (Å²) >= 11 is 0. The second-order valence-corrected chi connectivity index (χ2v) is 9.21. The Hall–Kier alpha value is -2.26. The molecule has 0 radical (unpaired) electrons. The van der Waals surface area contributed by atoms with Crippen molar-refractivity contribution in [1.82, 2.24) is 14.8 Å². The third-order valence-electron chi connectivity index (χ3n) is 4.75. The lowest BCUT2D eigenvalue weighted by atomic mass is 10.2. The Morgan fingerprint density at radius 3 is 2.61 bits per heavy atom. The van der Waals surface area contributed by atoms with E-state index >= 15 is 0 Å². The maximum atomic E-state index is 13.8. The Balaban J connectivity index is 1.46. The van der Waals surface area contributed by atoms with Crippen molar-refractivity contribution in [2.24, 2.45) is 0 Å². The van der Waals surface area contributed by atoms with Gasteiger partial charge >= 0.3 is 0 Å². The zero-order valence-corrected chi connectivity index (χ0v) is 16.6. The number of carbonyl (C=O) groups is 1. The molecule has 0 unspecified atom stereocenters. The van der Waals surface area contributed by atoms with Gasteiger partial charge < -0.3 is 9.32 Å². The van der Waals surface area contributed by atoms with Crippen LogP contribution in [0.25, 0.3) is 11.3 Å². The fourth-order valence-electron chi connectivity index (χ4n) is 3.10. The quantitative estimate of drug-likeness (QED) is 0.691. The molecule has 28 heavy (non-hydrogen) atoms. The summed E-state index contributed by atoms with van der Waals surface area (Å²) < 4.78 is 41.9. The smallest absolute Gasteiger partial charge is 0.223 e. The Labute approximate surface area is 164 Å². The van der Waals surface area contributed by atoms with Gasteiger partial charge in [0.05, 0.1) is 17.5 Å². The Morgan fingerprint density at radius 2 is 1.93 bits per heavy atom. The first kappa shape index (κ1) is 20.5. The molecule has 2 aromatic rings. The van der Waals surface area contributed by atoms with Gasteiger partial charge in [-0.25, -0.2) is 17.8 Å². The van der Waals surface area contributed by atoms with Crippen LogP contribution in [0.5, 0.6) is 0 Å². The molecule has 7 nitrogen and oxygen atoms in total. The first-order valence-corrected chi connectivity index (χ1v) is 11.3. The van der Waals surface area contributed by atoms with Crippen molar-refractivity contribution in [3.63, 3.8) is 0 Å². The van der Waals surface area contributed by atoms with E-state index < -0.39 is 9.84 Å². The highest BCUT2D eigenvalue weighted by Crippen LogP contribution is 2.23. The SMILES string of the molecule is CS(=O)(=O)CCN1CCN(C(=O)CCc2ncc(-c3ccccc3F)o2)CC1. The molecule has 9 heteroatoms. The topological polar surface area (TPSA) is 83.7 Å². The van der Waals surface area contributed by atoms with E-state index in [1.807, 2.05) is 0 Å². The molecule has 0 saturated carbocycles. The minimum absolute atomic E-state index is 0.00778. The molecule has 3 rings (SSSR count). The molecule has 1 aliphatic heterocycles. The first-order chi connectivity index (χ1) is 13.3. The van der Waals surface area contributed by atoms with Crippen molar-refractivity contribution in [3.05, 3.63) is 42.2 Å². The van der Waals surface area contributed by atoms with Gasteiger partial charge in [-0.05, 0) is 12.1 Å². The van der Waals surface area contributed by atoms with Gasteiger partial charge in [0.2, 0.25) is 5.91 Å². The van der Waals surface area contributed by atoms with Crippen molar-refractivity contribution < 1.29 is 22.0 Å². The molecular weight excluding hydrogens is 385 g/mol. The van der Waals surface area contributed by atoms with Gasteiger partial charge in [0, 0.05) is 51.8 Å². The largest absolute Gasteiger partial charge is 0.441 e. The number of oxazole rings is 1. The Morgan fingerprint density at radius 1 is 1.21 bits per heavy atom. The molecule has 0 spiro atoms. The number of rotatable bonds is 7. The Bertz CT molecular complexity index is 921. The van der Waals surface area contributed by atoms with E-state index in [2.05, 4.69) is 9.88 Å². The predicted molar refractivity (Wildman–Crippen MR) is 103 cm³/mol. The van der Waals surface area contributed by atoms with Gasteiger partial charge in [-0.1, -0.05) is 12.1 Å². The summed E-state index contributed by atoms with van der Waals surface area (Å²) in [6.45, 7) is 2.98. The lowest BCUT2D eigenvalue weighted by Crippen LogP contribution is -2.49. The van der Waals surface area contributed by atoms with Gasteiger partial charge in [-0.15, -0.1) is 0 Å². The van der Waals surface area contributed by atoms with Gasteiger partial charge in [0.15, 0.2) is 11.7 Å². The number of hydrogen-bond donors (Lipinski definition) is 0. The summed E-state index contributed by atoms with van der Waals surface area (Å²) in [5, 5.41) is 0. The van der Waals surface area contributed by atoms with Gasteiger partial charge in [0.25, 0.3) is 0 Å². The minimum Gasteiger partial charge on any atom is -0.441 e. The third kappa shape index (κ3) is 5.62. The monoisotopic (exact) mass is 409 g/mol. The van der Waals surface area contributed by atoms with E-state index in [1.54, 1.807) is 23.1 Å². The molecule has 1 fully saturated rings. The van der Waals surface area contributed by atoms with E-state index in [-0.39, 0.29) is 23.9 Å². The molecule has 1 saturated heterocycles. The van der Waals surface area contributed by atoms with Crippen LogP contribution in [0.15, 0.2) is 34.9 Å². The number of hydrogen-bond acceptors (Lipinski definition) is 6. The summed E-state index contributed by atoms with van der Waals surface area (Å²) in [5.41, 5.74) is 0.345.